The van der Waals surface area contributed by atoms with Crippen LogP contribution in [0.5, 0.6) is 0 Å². The van der Waals surface area contributed by atoms with Crippen LogP contribution in [0.2, 0.25) is 0 Å². The topological polar surface area (TPSA) is 86.7 Å². The van der Waals surface area contributed by atoms with E-state index in [1.165, 1.54) is 13.8 Å². The van der Waals surface area contributed by atoms with Crippen molar-refractivity contribution in [3.63, 3.8) is 0 Å². The molecular weight excluding hydrogens is 288 g/mol. The van der Waals surface area contributed by atoms with Gasteiger partial charge in [0.15, 0.2) is 0 Å². The average molecular weight is 316 g/mol. The molecule has 0 aliphatic carbocycles. The summed E-state index contributed by atoms with van der Waals surface area (Å²) in [4.78, 5) is 43.0. The zero-order valence-corrected chi connectivity index (χ0v) is 14.4. The van der Waals surface area contributed by atoms with E-state index in [-0.39, 0.29) is 24.0 Å². The van der Waals surface area contributed by atoms with Crippen molar-refractivity contribution in [2.75, 3.05) is 13.2 Å². The molecule has 0 aliphatic heterocycles. The monoisotopic (exact) mass is 316 g/mol. The lowest BCUT2D eigenvalue weighted by Gasteiger charge is -2.14. The van der Waals surface area contributed by atoms with Crippen molar-refractivity contribution >= 4 is 23.5 Å². The second-order valence-corrected chi connectivity index (χ2v) is 5.23. The number of hydrogen-bond acceptors (Lipinski definition) is 6. The van der Waals surface area contributed by atoms with Gasteiger partial charge in [0.1, 0.15) is 23.9 Å². The van der Waals surface area contributed by atoms with Gasteiger partial charge in [0.05, 0.1) is 13.2 Å². The Hall–Kier alpha value is -1.72. The van der Waals surface area contributed by atoms with Crippen LogP contribution < -0.4 is 0 Å². The third kappa shape index (κ3) is 13.3. The first-order chi connectivity index (χ1) is 10.1. The third-order valence-corrected chi connectivity index (χ3v) is 2.47. The molecule has 0 N–H and O–H groups in total. The van der Waals surface area contributed by atoms with Gasteiger partial charge in [-0.25, -0.2) is 0 Å². The number of hydrogen-bond donors (Lipinski definition) is 0. The summed E-state index contributed by atoms with van der Waals surface area (Å²) in [5.74, 6) is -1.33. The SMILES string of the molecule is CCOC(=O)C(CC(C)C)C(C)=O.CCOC(=O)CC(C)=O. The number of Topliss-reactive ketones (excluding diaryl/α,β-unsaturated/α-hetero) is 2. The normalized spacial score (nSPS) is 11.0. The van der Waals surface area contributed by atoms with E-state index in [1.807, 2.05) is 13.8 Å². The molecule has 22 heavy (non-hydrogen) atoms. The molecular formula is C16H28O6. The van der Waals surface area contributed by atoms with Crippen LogP contribution in [0.25, 0.3) is 0 Å². The van der Waals surface area contributed by atoms with Crippen molar-refractivity contribution in [2.45, 2.75) is 54.4 Å². The number of carbonyl (C=O) groups excluding carboxylic acids is 4. The third-order valence-electron chi connectivity index (χ3n) is 2.47. The molecule has 0 radical (unpaired) electrons. The summed E-state index contributed by atoms with van der Waals surface area (Å²) >= 11 is 0. The molecule has 0 aromatic heterocycles. The van der Waals surface area contributed by atoms with Crippen molar-refractivity contribution < 1.29 is 28.7 Å². The predicted octanol–water partition coefficient (Wildman–Crippen LogP) is 2.33. The Morgan fingerprint density at radius 1 is 0.909 bits per heavy atom. The van der Waals surface area contributed by atoms with E-state index in [9.17, 15) is 19.2 Å². The van der Waals surface area contributed by atoms with Gasteiger partial charge in [-0.15, -0.1) is 0 Å². The highest BCUT2D eigenvalue weighted by atomic mass is 16.5. The number of esters is 2. The molecule has 0 heterocycles. The summed E-state index contributed by atoms with van der Waals surface area (Å²) in [6, 6.07) is 0. The largest absolute Gasteiger partial charge is 0.466 e. The van der Waals surface area contributed by atoms with Gasteiger partial charge < -0.3 is 9.47 Å². The van der Waals surface area contributed by atoms with Gasteiger partial charge in [0.25, 0.3) is 0 Å². The van der Waals surface area contributed by atoms with Gasteiger partial charge in [0, 0.05) is 0 Å². The maximum atomic E-state index is 11.3. The molecule has 0 aromatic rings. The molecule has 0 bridgehead atoms. The molecule has 1 atom stereocenters. The van der Waals surface area contributed by atoms with E-state index in [2.05, 4.69) is 4.74 Å². The fourth-order valence-corrected chi connectivity index (χ4v) is 1.56. The predicted molar refractivity (Wildman–Crippen MR) is 82.2 cm³/mol. The van der Waals surface area contributed by atoms with Crippen molar-refractivity contribution in [3.05, 3.63) is 0 Å². The van der Waals surface area contributed by atoms with Crippen LogP contribution in [0, 0.1) is 11.8 Å². The van der Waals surface area contributed by atoms with Gasteiger partial charge in [-0.05, 0) is 40.0 Å². The Bertz CT molecular complexity index is 373. The lowest BCUT2D eigenvalue weighted by Crippen LogP contribution is -2.25. The highest BCUT2D eigenvalue weighted by Crippen LogP contribution is 2.14. The van der Waals surface area contributed by atoms with E-state index in [0.29, 0.717) is 25.6 Å². The Morgan fingerprint density at radius 3 is 1.73 bits per heavy atom. The summed E-state index contributed by atoms with van der Waals surface area (Å²) in [7, 11) is 0. The molecule has 1 unspecified atom stereocenters. The van der Waals surface area contributed by atoms with E-state index < -0.39 is 11.9 Å². The highest BCUT2D eigenvalue weighted by molar-refractivity contribution is 5.97. The quantitative estimate of drug-likeness (QED) is 0.504. The number of ether oxygens (including phenoxy) is 2. The minimum atomic E-state index is -0.569. The maximum absolute atomic E-state index is 11.3. The molecule has 0 saturated carbocycles. The van der Waals surface area contributed by atoms with Gasteiger partial charge in [-0.1, -0.05) is 13.8 Å². The van der Waals surface area contributed by atoms with Crippen molar-refractivity contribution in [2.24, 2.45) is 11.8 Å². The second-order valence-electron chi connectivity index (χ2n) is 5.23. The van der Waals surface area contributed by atoms with Crippen LogP contribution in [0.15, 0.2) is 0 Å². The molecule has 6 nitrogen and oxygen atoms in total. The zero-order valence-electron chi connectivity index (χ0n) is 14.4. The van der Waals surface area contributed by atoms with Crippen LogP contribution in [0.1, 0.15) is 54.4 Å². The van der Waals surface area contributed by atoms with Crippen molar-refractivity contribution in [1.29, 1.82) is 0 Å². The average Bonchev–Trinajstić information content (AvgIpc) is 2.35. The highest BCUT2D eigenvalue weighted by Gasteiger charge is 2.25. The Balaban J connectivity index is 0. The first-order valence-corrected chi connectivity index (χ1v) is 7.47. The fraction of sp³-hybridized carbons (Fsp3) is 0.750. The Morgan fingerprint density at radius 2 is 1.41 bits per heavy atom. The summed E-state index contributed by atoms with van der Waals surface area (Å²) in [6.07, 6.45) is 0.474. The lowest BCUT2D eigenvalue weighted by atomic mass is 9.94. The van der Waals surface area contributed by atoms with E-state index in [1.54, 1.807) is 13.8 Å². The summed E-state index contributed by atoms with van der Waals surface area (Å²) in [5.41, 5.74) is 0. The maximum Gasteiger partial charge on any atom is 0.316 e. The van der Waals surface area contributed by atoms with Crippen molar-refractivity contribution in [3.8, 4) is 0 Å². The van der Waals surface area contributed by atoms with E-state index >= 15 is 0 Å². The molecule has 0 fully saturated rings. The lowest BCUT2D eigenvalue weighted by molar-refractivity contribution is -0.152. The minimum absolute atomic E-state index is 0.103. The Labute approximate surface area is 132 Å². The number of ketones is 2. The van der Waals surface area contributed by atoms with E-state index in [0.717, 1.165) is 0 Å². The van der Waals surface area contributed by atoms with E-state index in [4.69, 9.17) is 4.74 Å². The molecule has 0 aromatic carbocycles. The van der Waals surface area contributed by atoms with Gasteiger partial charge in [0.2, 0.25) is 0 Å². The van der Waals surface area contributed by atoms with Crippen LogP contribution in [0.3, 0.4) is 0 Å². The molecule has 6 heteroatoms. The van der Waals surface area contributed by atoms with Crippen LogP contribution in [-0.4, -0.2) is 36.7 Å². The molecule has 0 amide bonds. The van der Waals surface area contributed by atoms with Crippen LogP contribution in [-0.2, 0) is 28.7 Å². The second kappa shape index (κ2) is 13.0. The molecule has 0 spiro atoms. The first-order valence-electron chi connectivity index (χ1n) is 7.47. The fourth-order valence-electron chi connectivity index (χ4n) is 1.56. The number of carbonyl (C=O) groups is 4. The van der Waals surface area contributed by atoms with Crippen LogP contribution >= 0.6 is 0 Å². The van der Waals surface area contributed by atoms with Gasteiger partial charge in [-0.3, -0.25) is 19.2 Å². The standard InChI is InChI=1S/C10H18O3.C6H10O3/c1-5-13-10(12)9(8(4)11)6-7(2)3;1-3-9-6(8)4-5(2)7/h7,9H,5-6H2,1-4H3;3-4H2,1-2H3. The molecule has 0 aliphatic rings. The molecule has 128 valence electrons. The van der Waals surface area contributed by atoms with Gasteiger partial charge >= 0.3 is 11.9 Å². The molecule has 0 saturated heterocycles. The Kier molecular flexibility index (Phi) is 13.3. The first kappa shape index (κ1) is 22.6. The minimum Gasteiger partial charge on any atom is -0.466 e. The summed E-state index contributed by atoms with van der Waals surface area (Å²) < 4.78 is 9.30. The molecule has 0 rings (SSSR count). The summed E-state index contributed by atoms with van der Waals surface area (Å²) in [6.45, 7) is 10.9. The van der Waals surface area contributed by atoms with Crippen LogP contribution in [0.4, 0.5) is 0 Å². The summed E-state index contributed by atoms with van der Waals surface area (Å²) in [5, 5.41) is 0. The zero-order chi connectivity index (χ0) is 17.7. The number of rotatable bonds is 8. The smallest absolute Gasteiger partial charge is 0.316 e. The van der Waals surface area contributed by atoms with Crippen molar-refractivity contribution in [1.82, 2.24) is 0 Å². The van der Waals surface area contributed by atoms with Gasteiger partial charge in [-0.2, -0.15) is 0 Å².